The Labute approximate surface area is 80.6 Å². The molecular weight excluding hydrogens is 181 g/mol. The van der Waals surface area contributed by atoms with Crippen molar-refractivity contribution in [3.8, 4) is 0 Å². The maximum atomic E-state index is 12.9. The first-order chi connectivity index (χ1) is 6.75. The van der Waals surface area contributed by atoms with Crippen molar-refractivity contribution < 1.29 is 4.39 Å². The van der Waals surface area contributed by atoms with E-state index in [1.165, 1.54) is 11.6 Å². The first-order valence-corrected chi connectivity index (χ1v) is 4.79. The van der Waals surface area contributed by atoms with E-state index in [4.69, 9.17) is 0 Å². The molecule has 1 unspecified atom stereocenters. The molecule has 0 amide bonds. The molecule has 3 rings (SSSR count). The Morgan fingerprint density at radius 1 is 1.57 bits per heavy atom. The van der Waals surface area contributed by atoms with Gasteiger partial charge in [-0.2, -0.15) is 4.39 Å². The van der Waals surface area contributed by atoms with E-state index < -0.39 is 5.95 Å². The molecular formula is C10H10FN3. The minimum Gasteiger partial charge on any atom is -0.237 e. The van der Waals surface area contributed by atoms with Gasteiger partial charge in [0.15, 0.2) is 5.65 Å². The van der Waals surface area contributed by atoms with Crippen molar-refractivity contribution in [2.45, 2.75) is 25.7 Å². The van der Waals surface area contributed by atoms with Gasteiger partial charge in [0.05, 0.1) is 5.69 Å². The van der Waals surface area contributed by atoms with Gasteiger partial charge in [0, 0.05) is 12.3 Å². The minimum absolute atomic E-state index is 0.454. The van der Waals surface area contributed by atoms with Crippen LogP contribution >= 0.6 is 0 Å². The molecule has 1 aliphatic rings. The largest absolute Gasteiger partial charge is 0.237 e. The fourth-order valence-electron chi connectivity index (χ4n) is 2.19. The summed E-state index contributed by atoms with van der Waals surface area (Å²) < 4.78 is 14.6. The number of halogens is 1. The molecule has 0 bridgehead atoms. The standard InChI is InChI=1S/C10H10FN3/c1-6-2-3-7-5-12-9-4-8(11)13-14(9)10(6)7/h4-6H,2-3H2,1H3. The molecule has 72 valence electrons. The van der Waals surface area contributed by atoms with Gasteiger partial charge < -0.3 is 0 Å². The third kappa shape index (κ3) is 0.908. The van der Waals surface area contributed by atoms with Gasteiger partial charge in [0.1, 0.15) is 0 Å². The zero-order valence-electron chi connectivity index (χ0n) is 7.87. The molecule has 14 heavy (non-hydrogen) atoms. The molecule has 0 fully saturated rings. The number of aryl methyl sites for hydroxylation is 1. The predicted octanol–water partition coefficient (Wildman–Crippen LogP) is 1.92. The van der Waals surface area contributed by atoms with Crippen molar-refractivity contribution in [3.63, 3.8) is 0 Å². The smallest absolute Gasteiger partial charge is 0.235 e. The van der Waals surface area contributed by atoms with E-state index in [1.54, 1.807) is 4.52 Å². The number of hydrogen-bond donors (Lipinski definition) is 0. The van der Waals surface area contributed by atoms with Crippen molar-refractivity contribution in [2.24, 2.45) is 0 Å². The Hall–Kier alpha value is -1.45. The van der Waals surface area contributed by atoms with Crippen LogP contribution < -0.4 is 0 Å². The second-order valence-electron chi connectivity index (χ2n) is 3.85. The Bertz CT molecular complexity index is 503. The van der Waals surface area contributed by atoms with Gasteiger partial charge in [-0.3, -0.25) is 0 Å². The number of hydrogen-bond acceptors (Lipinski definition) is 2. The summed E-state index contributed by atoms with van der Waals surface area (Å²) in [5.74, 6) is -0.000185. The molecule has 2 aromatic rings. The molecule has 1 atom stereocenters. The Balaban J connectivity index is 2.40. The van der Waals surface area contributed by atoms with E-state index in [9.17, 15) is 4.39 Å². The van der Waals surface area contributed by atoms with Crippen molar-refractivity contribution in [2.75, 3.05) is 0 Å². The van der Waals surface area contributed by atoms with E-state index in [0.717, 1.165) is 18.5 Å². The first kappa shape index (κ1) is 7.91. The van der Waals surface area contributed by atoms with Crippen molar-refractivity contribution in [3.05, 3.63) is 29.5 Å². The highest BCUT2D eigenvalue weighted by Crippen LogP contribution is 2.31. The van der Waals surface area contributed by atoms with Crippen LogP contribution in [0.3, 0.4) is 0 Å². The lowest BCUT2D eigenvalue weighted by atomic mass is 10.1. The van der Waals surface area contributed by atoms with Gasteiger partial charge in [0.2, 0.25) is 5.95 Å². The van der Waals surface area contributed by atoms with Crippen LogP contribution in [0.1, 0.15) is 30.5 Å². The lowest BCUT2D eigenvalue weighted by molar-refractivity contribution is 0.563. The summed E-state index contributed by atoms with van der Waals surface area (Å²) in [4.78, 5) is 4.17. The summed E-state index contributed by atoms with van der Waals surface area (Å²) in [6.07, 6.45) is 3.98. The summed E-state index contributed by atoms with van der Waals surface area (Å²) in [5.41, 5.74) is 2.93. The summed E-state index contributed by atoms with van der Waals surface area (Å²) in [6, 6.07) is 1.37. The quantitative estimate of drug-likeness (QED) is 0.636. The second-order valence-corrected chi connectivity index (χ2v) is 3.85. The van der Waals surface area contributed by atoms with Crippen LogP contribution in [0.4, 0.5) is 4.39 Å². The lowest BCUT2D eigenvalue weighted by Gasteiger charge is -2.05. The molecule has 0 aliphatic heterocycles. The van der Waals surface area contributed by atoms with Crippen molar-refractivity contribution in [1.29, 1.82) is 0 Å². The SMILES string of the molecule is CC1CCc2cnc3cc(F)nn3c21. The predicted molar refractivity (Wildman–Crippen MR) is 49.7 cm³/mol. The fraction of sp³-hybridized carbons (Fsp3) is 0.400. The molecule has 4 heteroatoms. The van der Waals surface area contributed by atoms with E-state index in [2.05, 4.69) is 17.0 Å². The Morgan fingerprint density at radius 3 is 3.29 bits per heavy atom. The number of nitrogens with zero attached hydrogens (tertiary/aromatic N) is 3. The van der Waals surface area contributed by atoms with E-state index in [1.807, 2.05) is 6.20 Å². The molecule has 0 saturated heterocycles. The molecule has 0 spiro atoms. The van der Waals surface area contributed by atoms with E-state index in [0.29, 0.717) is 11.6 Å². The molecule has 1 aliphatic carbocycles. The molecule has 2 heterocycles. The van der Waals surface area contributed by atoms with Crippen molar-refractivity contribution in [1.82, 2.24) is 14.6 Å². The third-order valence-corrected chi connectivity index (χ3v) is 2.88. The molecule has 3 nitrogen and oxygen atoms in total. The highest BCUT2D eigenvalue weighted by Gasteiger charge is 2.23. The van der Waals surface area contributed by atoms with E-state index >= 15 is 0 Å². The van der Waals surface area contributed by atoms with Crippen LogP contribution in [0.15, 0.2) is 12.3 Å². The van der Waals surface area contributed by atoms with Crippen molar-refractivity contribution >= 4 is 5.65 Å². The van der Waals surface area contributed by atoms with Crippen LogP contribution in [-0.4, -0.2) is 14.6 Å². The normalized spacial score (nSPS) is 20.3. The summed E-state index contributed by atoms with van der Waals surface area (Å²) in [5, 5.41) is 3.82. The third-order valence-electron chi connectivity index (χ3n) is 2.88. The summed E-state index contributed by atoms with van der Waals surface area (Å²) in [7, 11) is 0. The van der Waals surface area contributed by atoms with Gasteiger partial charge in [0.25, 0.3) is 0 Å². The number of fused-ring (bicyclic) bond motifs is 3. The summed E-state index contributed by atoms with van der Waals surface area (Å²) in [6.45, 7) is 2.14. The maximum absolute atomic E-state index is 12.9. The van der Waals surface area contributed by atoms with E-state index in [-0.39, 0.29) is 0 Å². The van der Waals surface area contributed by atoms with Gasteiger partial charge in [-0.05, 0) is 24.3 Å². The van der Waals surface area contributed by atoms with Crippen LogP contribution in [0.25, 0.3) is 5.65 Å². The second kappa shape index (κ2) is 2.53. The summed E-state index contributed by atoms with van der Waals surface area (Å²) >= 11 is 0. The molecule has 0 aromatic carbocycles. The lowest BCUT2D eigenvalue weighted by Crippen LogP contribution is -2.02. The van der Waals surface area contributed by atoms with Crippen LogP contribution in [0, 0.1) is 5.95 Å². The van der Waals surface area contributed by atoms with Gasteiger partial charge >= 0.3 is 0 Å². The monoisotopic (exact) mass is 191 g/mol. The highest BCUT2D eigenvalue weighted by molar-refractivity contribution is 5.42. The van der Waals surface area contributed by atoms with Gasteiger partial charge in [-0.25, -0.2) is 9.50 Å². The van der Waals surface area contributed by atoms with Crippen LogP contribution in [0.2, 0.25) is 0 Å². The molecule has 0 radical (unpaired) electrons. The minimum atomic E-state index is -0.454. The zero-order chi connectivity index (χ0) is 9.71. The number of rotatable bonds is 0. The zero-order valence-corrected chi connectivity index (χ0v) is 7.87. The highest BCUT2D eigenvalue weighted by atomic mass is 19.1. The fourth-order valence-corrected chi connectivity index (χ4v) is 2.19. The number of aromatic nitrogens is 3. The first-order valence-electron chi connectivity index (χ1n) is 4.79. The maximum Gasteiger partial charge on any atom is 0.235 e. The Kier molecular flexibility index (Phi) is 1.43. The molecule has 0 N–H and O–H groups in total. The average Bonchev–Trinajstić information content (AvgIpc) is 2.68. The van der Waals surface area contributed by atoms with Crippen LogP contribution in [0.5, 0.6) is 0 Å². The molecule has 0 saturated carbocycles. The Morgan fingerprint density at radius 2 is 2.43 bits per heavy atom. The topological polar surface area (TPSA) is 30.2 Å². The van der Waals surface area contributed by atoms with Gasteiger partial charge in [-0.1, -0.05) is 6.92 Å². The van der Waals surface area contributed by atoms with Gasteiger partial charge in [-0.15, -0.1) is 5.10 Å². The van der Waals surface area contributed by atoms with Crippen LogP contribution in [-0.2, 0) is 6.42 Å². The molecule has 2 aromatic heterocycles. The average molecular weight is 191 g/mol.